The van der Waals surface area contributed by atoms with E-state index in [4.69, 9.17) is 4.74 Å². The molecule has 0 fully saturated rings. The van der Waals surface area contributed by atoms with Crippen molar-refractivity contribution >= 4 is 41.0 Å². The van der Waals surface area contributed by atoms with Crippen molar-refractivity contribution in [1.82, 2.24) is 20.6 Å². The van der Waals surface area contributed by atoms with Crippen LogP contribution >= 0.6 is 24.0 Å². The summed E-state index contributed by atoms with van der Waals surface area (Å²) in [5, 5.41) is 6.61. The molecule has 0 amide bonds. The zero-order chi connectivity index (χ0) is 17.5. The predicted octanol–water partition coefficient (Wildman–Crippen LogP) is 3.10. The third-order valence-corrected chi connectivity index (χ3v) is 3.94. The first-order valence-electron chi connectivity index (χ1n) is 8.29. The molecular weight excluding hydrogens is 441 g/mol. The molecule has 6 nitrogen and oxygen atoms in total. The number of hydrogen-bond donors (Lipinski definition) is 3. The maximum Gasteiger partial charge on any atom is 0.191 e. The second-order valence-electron chi connectivity index (χ2n) is 5.65. The minimum absolute atomic E-state index is 0. The van der Waals surface area contributed by atoms with Crippen LogP contribution in [0, 0.1) is 0 Å². The molecule has 0 aliphatic rings. The molecule has 0 aliphatic carbocycles. The Labute approximate surface area is 170 Å². The van der Waals surface area contributed by atoms with E-state index in [0.717, 1.165) is 41.5 Å². The molecule has 0 atom stereocenters. The molecule has 138 valence electrons. The molecule has 0 radical (unpaired) electrons. The highest BCUT2D eigenvalue weighted by atomic mass is 127. The number of hydrogen-bond acceptors (Lipinski definition) is 3. The van der Waals surface area contributed by atoms with Crippen molar-refractivity contribution < 1.29 is 4.74 Å². The van der Waals surface area contributed by atoms with Gasteiger partial charge < -0.3 is 20.4 Å². The Balaban J connectivity index is 0.00000243. The molecule has 1 aromatic heterocycles. The number of nitrogens with one attached hydrogen (secondary N) is 3. The molecular formula is C19H24IN5O. The number of ether oxygens (including phenoxy) is 1. The first-order valence-corrected chi connectivity index (χ1v) is 8.29. The first kappa shape index (κ1) is 20.0. The second-order valence-corrected chi connectivity index (χ2v) is 5.65. The molecule has 2 aromatic carbocycles. The van der Waals surface area contributed by atoms with Crippen LogP contribution in [-0.2, 0) is 13.0 Å². The van der Waals surface area contributed by atoms with E-state index in [9.17, 15) is 0 Å². The lowest BCUT2D eigenvalue weighted by molar-refractivity contribution is 0.414. The number of benzene rings is 2. The van der Waals surface area contributed by atoms with E-state index in [0.29, 0.717) is 6.54 Å². The Morgan fingerprint density at radius 1 is 1.12 bits per heavy atom. The van der Waals surface area contributed by atoms with Gasteiger partial charge in [-0.3, -0.25) is 4.99 Å². The summed E-state index contributed by atoms with van der Waals surface area (Å²) in [6, 6.07) is 16.0. The van der Waals surface area contributed by atoms with Gasteiger partial charge >= 0.3 is 0 Å². The van der Waals surface area contributed by atoms with Crippen LogP contribution in [0.15, 0.2) is 53.5 Å². The van der Waals surface area contributed by atoms with E-state index >= 15 is 0 Å². The SMILES string of the molecule is CN=C(NCCc1nc2ccccc2[nH]1)NCc1ccc(OC)cc1.I. The molecule has 3 rings (SSSR count). The Hall–Kier alpha value is -2.29. The van der Waals surface area contributed by atoms with E-state index in [1.165, 1.54) is 5.56 Å². The third-order valence-electron chi connectivity index (χ3n) is 3.94. The van der Waals surface area contributed by atoms with Crippen molar-refractivity contribution in [2.75, 3.05) is 20.7 Å². The van der Waals surface area contributed by atoms with Crippen LogP contribution in [0.1, 0.15) is 11.4 Å². The molecule has 0 saturated carbocycles. The molecule has 0 unspecified atom stereocenters. The Morgan fingerprint density at radius 2 is 1.88 bits per heavy atom. The standard InChI is InChI=1S/C19H23N5O.HI/c1-20-19(22-13-14-7-9-15(25-2)10-8-14)21-12-11-18-23-16-5-3-4-6-17(16)24-18;/h3-10H,11-13H2,1-2H3,(H,23,24)(H2,20,21,22);1H. The van der Waals surface area contributed by atoms with Crippen molar-refractivity contribution in [3.63, 3.8) is 0 Å². The number of aromatic amines is 1. The number of imidazole rings is 1. The number of aromatic nitrogens is 2. The monoisotopic (exact) mass is 465 g/mol. The maximum absolute atomic E-state index is 5.17. The van der Waals surface area contributed by atoms with Crippen molar-refractivity contribution in [2.45, 2.75) is 13.0 Å². The quantitative estimate of drug-likeness (QED) is 0.297. The number of aliphatic imine (C=N–C) groups is 1. The van der Waals surface area contributed by atoms with E-state index in [-0.39, 0.29) is 24.0 Å². The lowest BCUT2D eigenvalue weighted by Crippen LogP contribution is -2.37. The van der Waals surface area contributed by atoms with Crippen LogP contribution in [0.4, 0.5) is 0 Å². The number of para-hydroxylation sites is 2. The molecule has 0 spiro atoms. The van der Waals surface area contributed by atoms with Gasteiger partial charge in [-0.2, -0.15) is 0 Å². The zero-order valence-corrected chi connectivity index (χ0v) is 17.3. The van der Waals surface area contributed by atoms with Crippen molar-refractivity contribution in [3.05, 3.63) is 59.9 Å². The third kappa shape index (κ3) is 5.35. The fourth-order valence-electron chi connectivity index (χ4n) is 2.57. The van der Waals surface area contributed by atoms with Gasteiger partial charge in [-0.1, -0.05) is 24.3 Å². The first-order chi connectivity index (χ1) is 12.3. The van der Waals surface area contributed by atoms with E-state index in [1.807, 2.05) is 48.5 Å². The van der Waals surface area contributed by atoms with Crippen molar-refractivity contribution in [1.29, 1.82) is 0 Å². The van der Waals surface area contributed by atoms with Crippen LogP contribution in [0.25, 0.3) is 11.0 Å². The van der Waals surface area contributed by atoms with E-state index in [1.54, 1.807) is 14.2 Å². The minimum atomic E-state index is 0. The summed E-state index contributed by atoms with van der Waals surface area (Å²) in [7, 11) is 3.44. The number of guanidine groups is 1. The van der Waals surface area contributed by atoms with Gasteiger partial charge in [0, 0.05) is 26.6 Å². The molecule has 0 saturated heterocycles. The Bertz CT molecular complexity index is 812. The van der Waals surface area contributed by atoms with E-state index < -0.39 is 0 Å². The van der Waals surface area contributed by atoms with Crippen LogP contribution in [0.5, 0.6) is 5.75 Å². The number of rotatable bonds is 6. The highest BCUT2D eigenvalue weighted by Gasteiger charge is 2.03. The summed E-state index contributed by atoms with van der Waals surface area (Å²) in [6.45, 7) is 1.45. The Kier molecular flexibility index (Phi) is 7.71. The van der Waals surface area contributed by atoms with Gasteiger partial charge in [0.05, 0.1) is 18.1 Å². The fourth-order valence-corrected chi connectivity index (χ4v) is 2.57. The minimum Gasteiger partial charge on any atom is -0.497 e. The molecule has 3 aromatic rings. The molecule has 3 N–H and O–H groups in total. The average molecular weight is 465 g/mol. The largest absolute Gasteiger partial charge is 0.497 e. The molecule has 1 heterocycles. The topological polar surface area (TPSA) is 74.3 Å². The van der Waals surface area contributed by atoms with Crippen molar-refractivity contribution in [2.24, 2.45) is 4.99 Å². The van der Waals surface area contributed by atoms with Gasteiger partial charge in [0.15, 0.2) is 5.96 Å². The normalized spacial score (nSPS) is 11.1. The molecule has 0 bridgehead atoms. The zero-order valence-electron chi connectivity index (χ0n) is 15.0. The smallest absolute Gasteiger partial charge is 0.191 e. The summed E-state index contributed by atoms with van der Waals surface area (Å²) < 4.78 is 5.17. The van der Waals surface area contributed by atoms with Gasteiger partial charge in [0.2, 0.25) is 0 Å². The van der Waals surface area contributed by atoms with Crippen LogP contribution < -0.4 is 15.4 Å². The van der Waals surface area contributed by atoms with Crippen LogP contribution in [0.2, 0.25) is 0 Å². The highest BCUT2D eigenvalue weighted by molar-refractivity contribution is 14.0. The summed E-state index contributed by atoms with van der Waals surface area (Å²) >= 11 is 0. The average Bonchev–Trinajstić information content (AvgIpc) is 3.07. The van der Waals surface area contributed by atoms with Gasteiger partial charge in [-0.15, -0.1) is 24.0 Å². The number of methoxy groups -OCH3 is 1. The number of H-pyrrole nitrogens is 1. The van der Waals surface area contributed by atoms with E-state index in [2.05, 4.69) is 25.6 Å². The summed E-state index contributed by atoms with van der Waals surface area (Å²) in [5.74, 6) is 2.60. The number of fused-ring (bicyclic) bond motifs is 1. The van der Waals surface area contributed by atoms with Crippen molar-refractivity contribution in [3.8, 4) is 5.75 Å². The molecule has 26 heavy (non-hydrogen) atoms. The number of halogens is 1. The van der Waals surface area contributed by atoms with Gasteiger partial charge in [0.25, 0.3) is 0 Å². The second kappa shape index (κ2) is 10.0. The fraction of sp³-hybridized carbons (Fsp3) is 0.263. The molecule has 7 heteroatoms. The summed E-state index contributed by atoms with van der Waals surface area (Å²) in [6.07, 6.45) is 0.803. The predicted molar refractivity (Wildman–Crippen MR) is 116 cm³/mol. The summed E-state index contributed by atoms with van der Waals surface area (Å²) in [4.78, 5) is 12.2. The lowest BCUT2D eigenvalue weighted by Gasteiger charge is -2.11. The van der Waals surface area contributed by atoms with Crippen LogP contribution in [-0.4, -0.2) is 36.6 Å². The van der Waals surface area contributed by atoms with Gasteiger partial charge in [-0.05, 0) is 29.8 Å². The molecule has 0 aliphatic heterocycles. The lowest BCUT2D eigenvalue weighted by atomic mass is 10.2. The van der Waals surface area contributed by atoms with Crippen LogP contribution in [0.3, 0.4) is 0 Å². The summed E-state index contributed by atoms with van der Waals surface area (Å²) in [5.41, 5.74) is 3.24. The van der Waals surface area contributed by atoms with Gasteiger partial charge in [0.1, 0.15) is 11.6 Å². The van der Waals surface area contributed by atoms with Gasteiger partial charge in [-0.25, -0.2) is 4.98 Å². The maximum atomic E-state index is 5.17. The number of nitrogens with zero attached hydrogens (tertiary/aromatic N) is 2. The Morgan fingerprint density at radius 3 is 2.58 bits per heavy atom. The highest BCUT2D eigenvalue weighted by Crippen LogP contribution is 2.11.